The van der Waals surface area contributed by atoms with Gasteiger partial charge in [0, 0.05) is 32.0 Å². The van der Waals surface area contributed by atoms with Gasteiger partial charge in [0.1, 0.15) is 5.82 Å². The van der Waals surface area contributed by atoms with E-state index < -0.39 is 15.8 Å². The zero-order valence-electron chi connectivity index (χ0n) is 17.7. The van der Waals surface area contributed by atoms with Gasteiger partial charge in [-0.05, 0) is 69.1 Å². The Kier molecular flexibility index (Phi) is 5.38. The van der Waals surface area contributed by atoms with Crippen molar-refractivity contribution in [1.29, 1.82) is 0 Å². The van der Waals surface area contributed by atoms with E-state index in [0.29, 0.717) is 49.9 Å². The molecule has 1 unspecified atom stereocenters. The van der Waals surface area contributed by atoms with Crippen molar-refractivity contribution in [3.8, 4) is 0 Å². The van der Waals surface area contributed by atoms with Gasteiger partial charge in [-0.1, -0.05) is 11.2 Å². The second kappa shape index (κ2) is 7.94. The maximum Gasteiger partial charge on any atom is 0.243 e. The first kappa shape index (κ1) is 21.0. The zero-order valence-corrected chi connectivity index (χ0v) is 18.5. The maximum absolute atomic E-state index is 13.7. The van der Waals surface area contributed by atoms with Crippen LogP contribution in [0.3, 0.4) is 0 Å². The van der Waals surface area contributed by atoms with Gasteiger partial charge in [0.2, 0.25) is 15.9 Å². The molecule has 1 aromatic carbocycles. The Morgan fingerprint density at radius 2 is 2.00 bits per heavy atom. The largest absolute Gasteiger partial charge is 0.375 e. The molecule has 5 rings (SSSR count). The summed E-state index contributed by atoms with van der Waals surface area (Å²) in [6.45, 7) is 3.10. The van der Waals surface area contributed by atoms with Crippen LogP contribution in [-0.2, 0) is 21.2 Å². The molecule has 168 valence electrons. The van der Waals surface area contributed by atoms with E-state index in [1.165, 1.54) is 16.4 Å². The summed E-state index contributed by atoms with van der Waals surface area (Å²) in [4.78, 5) is 4.61. The van der Waals surface area contributed by atoms with Crippen molar-refractivity contribution in [3.05, 3.63) is 41.3 Å². The summed E-state index contributed by atoms with van der Waals surface area (Å²) >= 11 is 0. The van der Waals surface area contributed by atoms with E-state index in [4.69, 9.17) is 9.26 Å². The van der Waals surface area contributed by atoms with Gasteiger partial charge in [-0.25, -0.2) is 12.8 Å². The molecule has 3 heterocycles. The third-order valence-corrected chi connectivity index (χ3v) is 8.92. The lowest BCUT2D eigenvalue weighted by Gasteiger charge is -2.45. The first-order valence-electron chi connectivity index (χ1n) is 11.1. The molecule has 1 aromatic heterocycles. The van der Waals surface area contributed by atoms with Gasteiger partial charge in [-0.15, -0.1) is 0 Å². The Bertz CT molecular complexity index is 1060. The SMILES string of the molecule is Cc1ccc(F)cc1S(=O)(=O)N1CCC2(CC1)CC(Cc1noc(C3CC3)n1)CCO2. The number of aryl methyl sites for hydroxylation is 1. The van der Waals surface area contributed by atoms with E-state index in [9.17, 15) is 12.8 Å². The number of ether oxygens (including phenoxy) is 1. The number of halogens is 1. The van der Waals surface area contributed by atoms with Crippen LogP contribution >= 0.6 is 0 Å². The Labute approximate surface area is 182 Å². The molecule has 0 bridgehead atoms. The van der Waals surface area contributed by atoms with Crippen molar-refractivity contribution in [3.63, 3.8) is 0 Å². The standard InChI is InChI=1S/C22H28FN3O4S/c1-15-2-5-18(23)13-19(15)31(27,28)26-9-7-22(8-10-26)14-16(6-11-29-22)12-20-24-21(30-25-20)17-3-4-17/h2,5,13,16-17H,3-4,6-12,14H2,1H3. The highest BCUT2D eigenvalue weighted by Crippen LogP contribution is 2.41. The smallest absolute Gasteiger partial charge is 0.243 e. The number of nitrogens with zero attached hydrogens (tertiary/aromatic N) is 3. The molecule has 2 aliphatic heterocycles. The minimum absolute atomic E-state index is 0.0504. The third kappa shape index (κ3) is 4.27. The third-order valence-electron chi connectivity index (χ3n) is 6.88. The molecule has 0 N–H and O–H groups in total. The average molecular weight is 450 g/mol. The van der Waals surface area contributed by atoms with E-state index in [-0.39, 0.29) is 10.5 Å². The number of hydrogen-bond donors (Lipinski definition) is 0. The highest BCUT2D eigenvalue weighted by atomic mass is 32.2. The van der Waals surface area contributed by atoms with Crippen LogP contribution in [0.5, 0.6) is 0 Å². The van der Waals surface area contributed by atoms with Crippen molar-refractivity contribution in [2.75, 3.05) is 19.7 Å². The molecule has 31 heavy (non-hydrogen) atoms. The first-order chi connectivity index (χ1) is 14.8. The number of hydrogen-bond acceptors (Lipinski definition) is 6. The fraction of sp³-hybridized carbons (Fsp3) is 0.636. The normalized spacial score (nSPS) is 24.5. The minimum Gasteiger partial charge on any atom is -0.375 e. The highest BCUT2D eigenvalue weighted by molar-refractivity contribution is 7.89. The first-order valence-corrected chi connectivity index (χ1v) is 12.5. The number of aromatic nitrogens is 2. The highest BCUT2D eigenvalue weighted by Gasteiger charge is 2.43. The Hall–Kier alpha value is -1.84. The van der Waals surface area contributed by atoms with Crippen LogP contribution in [0.1, 0.15) is 61.7 Å². The second-order valence-electron chi connectivity index (χ2n) is 9.23. The topological polar surface area (TPSA) is 85.5 Å². The molecule has 9 heteroatoms. The molecule has 0 amide bonds. The lowest BCUT2D eigenvalue weighted by Crippen LogP contribution is -2.51. The van der Waals surface area contributed by atoms with Gasteiger partial charge in [0.15, 0.2) is 5.82 Å². The van der Waals surface area contributed by atoms with Crippen LogP contribution in [0.2, 0.25) is 0 Å². The fourth-order valence-corrected chi connectivity index (χ4v) is 6.56. The van der Waals surface area contributed by atoms with Crippen LogP contribution in [0.4, 0.5) is 4.39 Å². The van der Waals surface area contributed by atoms with Crippen molar-refractivity contribution in [2.24, 2.45) is 5.92 Å². The Morgan fingerprint density at radius 3 is 2.74 bits per heavy atom. The van der Waals surface area contributed by atoms with Crippen molar-refractivity contribution < 1.29 is 22.1 Å². The van der Waals surface area contributed by atoms with Crippen molar-refractivity contribution in [1.82, 2.24) is 14.4 Å². The summed E-state index contributed by atoms with van der Waals surface area (Å²) < 4.78 is 52.9. The van der Waals surface area contributed by atoms with Gasteiger partial charge in [0.25, 0.3) is 0 Å². The summed E-state index contributed by atoms with van der Waals surface area (Å²) in [5, 5.41) is 4.15. The molecule has 1 spiro atoms. The lowest BCUT2D eigenvalue weighted by atomic mass is 9.78. The minimum atomic E-state index is -3.73. The van der Waals surface area contributed by atoms with Gasteiger partial charge < -0.3 is 9.26 Å². The van der Waals surface area contributed by atoms with Crippen LogP contribution in [-0.4, -0.2) is 48.2 Å². The lowest BCUT2D eigenvalue weighted by molar-refractivity contribution is -0.120. The van der Waals surface area contributed by atoms with E-state index >= 15 is 0 Å². The Morgan fingerprint density at radius 1 is 1.23 bits per heavy atom. The molecule has 2 aromatic rings. The van der Waals surface area contributed by atoms with Crippen molar-refractivity contribution >= 4 is 10.0 Å². The molecular weight excluding hydrogens is 421 g/mol. The van der Waals surface area contributed by atoms with Crippen LogP contribution < -0.4 is 0 Å². The van der Waals surface area contributed by atoms with Gasteiger partial charge in [-0.3, -0.25) is 0 Å². The summed E-state index contributed by atoms with van der Waals surface area (Å²) in [6, 6.07) is 3.91. The van der Waals surface area contributed by atoms with E-state index in [0.717, 1.165) is 49.9 Å². The number of rotatable bonds is 5. The summed E-state index contributed by atoms with van der Waals surface area (Å²) in [6.07, 6.45) is 6.12. The van der Waals surface area contributed by atoms with Gasteiger partial charge >= 0.3 is 0 Å². The zero-order chi connectivity index (χ0) is 21.6. The molecule has 3 fully saturated rings. The van der Waals surface area contributed by atoms with E-state index in [2.05, 4.69) is 10.1 Å². The van der Waals surface area contributed by atoms with Crippen LogP contribution in [0, 0.1) is 18.7 Å². The summed E-state index contributed by atoms with van der Waals surface area (Å²) in [5.74, 6) is 1.85. The Balaban J connectivity index is 1.23. The van der Waals surface area contributed by atoms with Gasteiger partial charge in [0.05, 0.1) is 10.5 Å². The number of sulfonamides is 1. The monoisotopic (exact) mass is 449 g/mol. The fourth-order valence-electron chi connectivity index (χ4n) is 4.88. The second-order valence-corrected chi connectivity index (χ2v) is 11.1. The van der Waals surface area contributed by atoms with E-state index in [1.54, 1.807) is 6.92 Å². The molecule has 1 atom stereocenters. The molecule has 1 saturated carbocycles. The summed E-state index contributed by atoms with van der Waals surface area (Å²) in [5.41, 5.74) is 0.246. The van der Waals surface area contributed by atoms with E-state index in [1.807, 2.05) is 0 Å². The number of benzene rings is 1. The predicted molar refractivity (Wildman–Crippen MR) is 111 cm³/mol. The quantitative estimate of drug-likeness (QED) is 0.694. The van der Waals surface area contributed by atoms with Crippen LogP contribution in [0.25, 0.3) is 0 Å². The molecule has 7 nitrogen and oxygen atoms in total. The maximum atomic E-state index is 13.7. The van der Waals surface area contributed by atoms with Gasteiger partial charge in [-0.2, -0.15) is 9.29 Å². The van der Waals surface area contributed by atoms with Crippen molar-refractivity contribution in [2.45, 2.75) is 68.3 Å². The van der Waals surface area contributed by atoms with Crippen LogP contribution in [0.15, 0.2) is 27.6 Å². The predicted octanol–water partition coefficient (Wildman–Crippen LogP) is 3.59. The molecule has 2 saturated heterocycles. The summed E-state index contributed by atoms with van der Waals surface area (Å²) in [7, 11) is -3.73. The molecule has 1 aliphatic carbocycles. The molecule has 0 radical (unpaired) electrons. The molecule has 3 aliphatic rings. The number of piperidine rings is 1. The molecular formula is C22H28FN3O4S. The average Bonchev–Trinajstić information content (AvgIpc) is 3.49.